The number of piperidine rings is 1. The molecule has 1 saturated heterocycles. The van der Waals surface area contributed by atoms with E-state index in [9.17, 15) is 4.21 Å². The second kappa shape index (κ2) is 5.83. The third-order valence-corrected chi connectivity index (χ3v) is 4.03. The fourth-order valence-electron chi connectivity index (χ4n) is 2.14. The summed E-state index contributed by atoms with van der Waals surface area (Å²) in [7, 11) is 0. The summed E-state index contributed by atoms with van der Waals surface area (Å²) in [6.45, 7) is 6.02. The van der Waals surface area contributed by atoms with Gasteiger partial charge in [-0.25, -0.2) is 4.21 Å². The SMILES string of the molecule is CCCC1CCN(C(C)S(=O)O)CC1. The highest BCUT2D eigenvalue weighted by Gasteiger charge is 2.24. The molecule has 1 fully saturated rings. The number of rotatable bonds is 4. The molecule has 0 bridgehead atoms. The van der Waals surface area contributed by atoms with Crippen LogP contribution in [0.15, 0.2) is 0 Å². The summed E-state index contributed by atoms with van der Waals surface area (Å²) < 4.78 is 19.8. The van der Waals surface area contributed by atoms with E-state index in [1.807, 2.05) is 6.92 Å². The molecule has 0 aliphatic carbocycles. The third-order valence-electron chi connectivity index (χ3n) is 3.15. The molecule has 0 aromatic rings. The highest BCUT2D eigenvalue weighted by molar-refractivity contribution is 7.79. The van der Waals surface area contributed by atoms with Gasteiger partial charge in [0.2, 0.25) is 0 Å². The molecule has 84 valence electrons. The summed E-state index contributed by atoms with van der Waals surface area (Å²) in [6, 6.07) is 0. The fourth-order valence-corrected chi connectivity index (χ4v) is 2.61. The standard InChI is InChI=1S/C10H21NO2S/c1-3-4-10-5-7-11(8-6-10)9(2)14(12)13/h9-10H,3-8H2,1-2H3,(H,12,13). The van der Waals surface area contributed by atoms with Gasteiger partial charge in [-0.15, -0.1) is 0 Å². The zero-order valence-electron chi connectivity index (χ0n) is 9.11. The van der Waals surface area contributed by atoms with Gasteiger partial charge in [-0.1, -0.05) is 19.8 Å². The number of nitrogens with zero attached hydrogens (tertiary/aromatic N) is 1. The number of likely N-dealkylation sites (tertiary alicyclic amines) is 1. The molecular formula is C10H21NO2S. The Morgan fingerprint density at radius 3 is 2.50 bits per heavy atom. The molecule has 1 aliphatic rings. The van der Waals surface area contributed by atoms with Crippen LogP contribution in [0.3, 0.4) is 0 Å². The highest BCUT2D eigenvalue weighted by atomic mass is 32.2. The predicted octanol–water partition coefficient (Wildman–Crippen LogP) is 2.07. The van der Waals surface area contributed by atoms with Crippen LogP contribution < -0.4 is 0 Å². The van der Waals surface area contributed by atoms with Crippen molar-refractivity contribution < 1.29 is 8.76 Å². The van der Waals surface area contributed by atoms with Gasteiger partial charge >= 0.3 is 0 Å². The van der Waals surface area contributed by atoms with Crippen LogP contribution in [0.2, 0.25) is 0 Å². The second-order valence-corrected chi connectivity index (χ2v) is 5.38. The van der Waals surface area contributed by atoms with E-state index in [2.05, 4.69) is 11.8 Å². The second-order valence-electron chi connectivity index (χ2n) is 4.14. The first kappa shape index (κ1) is 12.1. The minimum Gasteiger partial charge on any atom is -0.305 e. The van der Waals surface area contributed by atoms with Gasteiger partial charge in [0, 0.05) is 0 Å². The molecule has 1 rings (SSSR count). The van der Waals surface area contributed by atoms with Gasteiger partial charge in [0.05, 0.1) is 0 Å². The van der Waals surface area contributed by atoms with E-state index >= 15 is 0 Å². The molecule has 2 unspecified atom stereocenters. The molecule has 1 aliphatic heterocycles. The molecular weight excluding hydrogens is 198 g/mol. The fraction of sp³-hybridized carbons (Fsp3) is 1.00. The Kier molecular flexibility index (Phi) is 5.06. The van der Waals surface area contributed by atoms with Crippen LogP contribution in [0.4, 0.5) is 0 Å². The number of hydrogen-bond donors (Lipinski definition) is 1. The quantitative estimate of drug-likeness (QED) is 0.736. The minimum absolute atomic E-state index is 0.197. The summed E-state index contributed by atoms with van der Waals surface area (Å²) in [5.41, 5.74) is 0. The van der Waals surface area contributed by atoms with Crippen LogP contribution in [-0.2, 0) is 11.1 Å². The van der Waals surface area contributed by atoms with Crippen molar-refractivity contribution >= 4 is 11.1 Å². The van der Waals surface area contributed by atoms with Crippen molar-refractivity contribution in [3.05, 3.63) is 0 Å². The Hall–Kier alpha value is 0.0700. The molecule has 4 heteroatoms. The zero-order chi connectivity index (χ0) is 10.6. The molecule has 1 heterocycles. The first-order chi connectivity index (χ1) is 6.65. The van der Waals surface area contributed by atoms with Gasteiger partial charge < -0.3 is 4.55 Å². The van der Waals surface area contributed by atoms with Crippen LogP contribution in [0.25, 0.3) is 0 Å². The van der Waals surface area contributed by atoms with Crippen LogP contribution in [0.1, 0.15) is 39.5 Å². The van der Waals surface area contributed by atoms with Crippen LogP contribution in [0.5, 0.6) is 0 Å². The van der Waals surface area contributed by atoms with Gasteiger partial charge in [0.25, 0.3) is 0 Å². The number of hydrogen-bond acceptors (Lipinski definition) is 2. The van der Waals surface area contributed by atoms with E-state index in [0.717, 1.165) is 19.0 Å². The molecule has 0 radical (unpaired) electrons. The Bertz CT molecular complexity index is 191. The van der Waals surface area contributed by atoms with Crippen molar-refractivity contribution in [1.82, 2.24) is 4.90 Å². The molecule has 3 nitrogen and oxygen atoms in total. The first-order valence-corrected chi connectivity index (χ1v) is 6.65. The summed E-state index contributed by atoms with van der Waals surface area (Å²) in [4.78, 5) is 2.13. The molecule has 14 heavy (non-hydrogen) atoms. The van der Waals surface area contributed by atoms with E-state index < -0.39 is 11.1 Å². The lowest BCUT2D eigenvalue weighted by Gasteiger charge is -2.34. The summed E-state index contributed by atoms with van der Waals surface area (Å²) in [6.07, 6.45) is 4.95. The summed E-state index contributed by atoms with van der Waals surface area (Å²) >= 11 is -1.70. The van der Waals surface area contributed by atoms with Crippen molar-refractivity contribution in [3.63, 3.8) is 0 Å². The molecule has 0 aromatic carbocycles. The Balaban J connectivity index is 2.31. The smallest absolute Gasteiger partial charge is 0.170 e. The van der Waals surface area contributed by atoms with Crippen molar-refractivity contribution in [2.45, 2.75) is 44.9 Å². The van der Waals surface area contributed by atoms with Crippen molar-refractivity contribution in [3.8, 4) is 0 Å². The summed E-state index contributed by atoms with van der Waals surface area (Å²) in [5, 5.41) is -0.197. The lowest BCUT2D eigenvalue weighted by molar-refractivity contribution is 0.168. The first-order valence-electron chi connectivity index (χ1n) is 5.48. The van der Waals surface area contributed by atoms with E-state index in [1.54, 1.807) is 0 Å². The molecule has 0 spiro atoms. The molecule has 0 amide bonds. The predicted molar refractivity (Wildman–Crippen MR) is 59.4 cm³/mol. The zero-order valence-corrected chi connectivity index (χ0v) is 9.92. The van der Waals surface area contributed by atoms with Crippen molar-refractivity contribution in [2.75, 3.05) is 13.1 Å². The average Bonchev–Trinajstić information content (AvgIpc) is 2.18. The molecule has 0 aromatic heterocycles. The van der Waals surface area contributed by atoms with E-state index in [4.69, 9.17) is 4.55 Å². The van der Waals surface area contributed by atoms with Gasteiger partial charge in [-0.3, -0.25) is 4.90 Å². The Morgan fingerprint density at radius 1 is 1.50 bits per heavy atom. The normalized spacial score (nSPS) is 24.8. The van der Waals surface area contributed by atoms with Crippen LogP contribution in [0, 0.1) is 5.92 Å². The minimum atomic E-state index is -1.70. The van der Waals surface area contributed by atoms with Gasteiger partial charge in [-0.2, -0.15) is 0 Å². The van der Waals surface area contributed by atoms with Gasteiger partial charge in [0.15, 0.2) is 11.1 Å². The van der Waals surface area contributed by atoms with Crippen molar-refractivity contribution in [2.24, 2.45) is 5.92 Å². The maximum atomic E-state index is 10.9. The summed E-state index contributed by atoms with van der Waals surface area (Å²) in [5.74, 6) is 0.843. The topological polar surface area (TPSA) is 40.5 Å². The molecule has 2 atom stereocenters. The third kappa shape index (κ3) is 3.33. The van der Waals surface area contributed by atoms with Gasteiger partial charge in [0.1, 0.15) is 5.37 Å². The van der Waals surface area contributed by atoms with E-state index in [0.29, 0.717) is 0 Å². The molecule has 1 N–H and O–H groups in total. The lowest BCUT2D eigenvalue weighted by atomic mass is 9.92. The van der Waals surface area contributed by atoms with Gasteiger partial charge in [-0.05, 0) is 38.8 Å². The molecule has 0 saturated carbocycles. The van der Waals surface area contributed by atoms with Crippen LogP contribution in [-0.4, -0.2) is 32.1 Å². The monoisotopic (exact) mass is 219 g/mol. The Labute approximate surface area is 89.2 Å². The average molecular weight is 219 g/mol. The van der Waals surface area contributed by atoms with Crippen molar-refractivity contribution in [1.29, 1.82) is 0 Å². The highest BCUT2D eigenvalue weighted by Crippen LogP contribution is 2.23. The van der Waals surface area contributed by atoms with Crippen LogP contribution >= 0.6 is 0 Å². The largest absolute Gasteiger partial charge is 0.305 e. The maximum Gasteiger partial charge on any atom is 0.170 e. The van der Waals surface area contributed by atoms with E-state index in [-0.39, 0.29) is 5.37 Å². The van der Waals surface area contributed by atoms with E-state index in [1.165, 1.54) is 25.7 Å². The Morgan fingerprint density at radius 2 is 2.07 bits per heavy atom. The maximum absolute atomic E-state index is 10.9. The lowest BCUT2D eigenvalue weighted by Crippen LogP contribution is -2.41.